The Kier molecular flexibility index (Phi) is 3.43. The molecule has 1 saturated heterocycles. The van der Waals surface area contributed by atoms with Crippen molar-refractivity contribution in [2.45, 2.75) is 19.4 Å². The van der Waals surface area contributed by atoms with Crippen LogP contribution < -0.4 is 10.1 Å². The second kappa shape index (κ2) is 4.84. The van der Waals surface area contributed by atoms with Crippen molar-refractivity contribution >= 4 is 5.78 Å². The predicted octanol–water partition coefficient (Wildman–Crippen LogP) is 2.01. The van der Waals surface area contributed by atoms with Gasteiger partial charge in [0.05, 0.1) is 12.7 Å². The van der Waals surface area contributed by atoms with Crippen molar-refractivity contribution in [2.24, 2.45) is 5.92 Å². The molecule has 0 bridgehead atoms. The van der Waals surface area contributed by atoms with Crippen LogP contribution >= 0.6 is 0 Å². The van der Waals surface area contributed by atoms with Crippen molar-refractivity contribution in [1.82, 2.24) is 5.32 Å². The lowest BCUT2D eigenvalue weighted by atomic mass is 9.91. The molecule has 0 aromatic heterocycles. The average Bonchev–Trinajstić information content (AvgIpc) is 2.74. The van der Waals surface area contributed by atoms with Gasteiger partial charge in [0.1, 0.15) is 11.6 Å². The van der Waals surface area contributed by atoms with Crippen LogP contribution in [0.4, 0.5) is 4.39 Å². The number of ketones is 1. The van der Waals surface area contributed by atoms with Crippen LogP contribution in [0.5, 0.6) is 5.75 Å². The largest absolute Gasteiger partial charge is 0.496 e. The van der Waals surface area contributed by atoms with Crippen LogP contribution in [0.2, 0.25) is 0 Å². The number of hydrogen-bond acceptors (Lipinski definition) is 3. The molecule has 1 aromatic carbocycles. The molecule has 0 spiro atoms. The zero-order valence-corrected chi connectivity index (χ0v) is 10.00. The van der Waals surface area contributed by atoms with E-state index in [1.807, 2.05) is 6.92 Å². The van der Waals surface area contributed by atoms with Gasteiger partial charge in [-0.25, -0.2) is 4.39 Å². The highest BCUT2D eigenvalue weighted by Crippen LogP contribution is 2.27. The lowest BCUT2D eigenvalue weighted by molar-refractivity contribution is 0.0910. The maximum absolute atomic E-state index is 13.2. The maximum atomic E-state index is 13.2. The summed E-state index contributed by atoms with van der Waals surface area (Å²) in [5, 5.41) is 3.22. The van der Waals surface area contributed by atoms with E-state index in [9.17, 15) is 9.18 Å². The number of methoxy groups -OCH3 is 1. The molecule has 92 valence electrons. The fourth-order valence-electron chi connectivity index (χ4n) is 2.29. The number of rotatable bonds is 3. The summed E-state index contributed by atoms with van der Waals surface area (Å²) in [6.45, 7) is 2.80. The molecule has 3 nitrogen and oxygen atoms in total. The first-order valence-electron chi connectivity index (χ1n) is 5.74. The number of halogens is 1. The van der Waals surface area contributed by atoms with Gasteiger partial charge in [-0.2, -0.15) is 0 Å². The molecule has 4 heteroatoms. The molecule has 2 atom stereocenters. The summed E-state index contributed by atoms with van der Waals surface area (Å²) in [6.07, 6.45) is 0.791. The molecule has 0 radical (unpaired) electrons. The van der Waals surface area contributed by atoms with Gasteiger partial charge in [0.2, 0.25) is 0 Å². The van der Waals surface area contributed by atoms with Gasteiger partial charge in [-0.3, -0.25) is 4.79 Å². The standard InChI is InChI=1S/C13H16FNO2/c1-8-10(5-6-15-8)13(16)11-7-9(14)3-4-12(11)17-2/h3-4,7-8,10,15H,5-6H2,1-2H3. The molecule has 1 aliphatic heterocycles. The van der Waals surface area contributed by atoms with Crippen molar-refractivity contribution in [2.75, 3.05) is 13.7 Å². The normalized spacial score (nSPS) is 23.7. The maximum Gasteiger partial charge on any atom is 0.171 e. The predicted molar refractivity (Wildman–Crippen MR) is 62.9 cm³/mol. The fraction of sp³-hybridized carbons (Fsp3) is 0.462. The Balaban J connectivity index is 2.32. The van der Waals surface area contributed by atoms with E-state index in [1.54, 1.807) is 0 Å². The van der Waals surface area contributed by atoms with E-state index in [0.29, 0.717) is 11.3 Å². The first-order valence-corrected chi connectivity index (χ1v) is 5.74. The molecular formula is C13H16FNO2. The van der Waals surface area contributed by atoms with Crippen molar-refractivity contribution < 1.29 is 13.9 Å². The SMILES string of the molecule is COc1ccc(F)cc1C(=O)C1CCNC1C. The van der Waals surface area contributed by atoms with E-state index in [2.05, 4.69) is 5.32 Å². The van der Waals surface area contributed by atoms with Gasteiger partial charge in [-0.15, -0.1) is 0 Å². The van der Waals surface area contributed by atoms with Crippen LogP contribution in [0.25, 0.3) is 0 Å². The van der Waals surface area contributed by atoms with Gasteiger partial charge in [0.15, 0.2) is 5.78 Å². The van der Waals surface area contributed by atoms with E-state index in [0.717, 1.165) is 13.0 Å². The minimum absolute atomic E-state index is 0.0427. The Morgan fingerprint density at radius 2 is 2.29 bits per heavy atom. The third-order valence-corrected chi connectivity index (χ3v) is 3.29. The monoisotopic (exact) mass is 237 g/mol. The Bertz CT molecular complexity index is 433. The van der Waals surface area contributed by atoms with E-state index in [4.69, 9.17) is 4.74 Å². The molecule has 1 heterocycles. The Hall–Kier alpha value is -1.42. The van der Waals surface area contributed by atoms with Gasteiger partial charge in [-0.1, -0.05) is 0 Å². The van der Waals surface area contributed by atoms with E-state index in [1.165, 1.54) is 25.3 Å². The van der Waals surface area contributed by atoms with Crippen LogP contribution in [-0.2, 0) is 0 Å². The minimum atomic E-state index is -0.409. The summed E-state index contributed by atoms with van der Waals surface area (Å²) in [4.78, 5) is 12.3. The number of ether oxygens (including phenoxy) is 1. The number of carbonyl (C=O) groups is 1. The summed E-state index contributed by atoms with van der Waals surface area (Å²) in [5.41, 5.74) is 0.341. The highest BCUT2D eigenvalue weighted by Gasteiger charge is 2.31. The zero-order valence-electron chi connectivity index (χ0n) is 10.00. The molecule has 1 aliphatic rings. The highest BCUT2D eigenvalue weighted by molar-refractivity contribution is 6.00. The Morgan fingerprint density at radius 1 is 1.53 bits per heavy atom. The lowest BCUT2D eigenvalue weighted by Crippen LogP contribution is -2.28. The molecular weight excluding hydrogens is 221 g/mol. The molecule has 17 heavy (non-hydrogen) atoms. The summed E-state index contributed by atoms with van der Waals surface area (Å²) in [5.74, 6) is -0.104. The summed E-state index contributed by atoms with van der Waals surface area (Å²) in [7, 11) is 1.49. The van der Waals surface area contributed by atoms with Gasteiger partial charge in [-0.05, 0) is 38.1 Å². The third kappa shape index (κ3) is 2.31. The smallest absolute Gasteiger partial charge is 0.171 e. The minimum Gasteiger partial charge on any atom is -0.496 e. The van der Waals surface area contributed by atoms with Gasteiger partial charge in [0.25, 0.3) is 0 Å². The molecule has 0 aliphatic carbocycles. The van der Waals surface area contributed by atoms with Gasteiger partial charge >= 0.3 is 0 Å². The van der Waals surface area contributed by atoms with Crippen LogP contribution in [0.3, 0.4) is 0 Å². The average molecular weight is 237 g/mol. The third-order valence-electron chi connectivity index (χ3n) is 3.29. The molecule has 1 aromatic rings. The van der Waals surface area contributed by atoms with Crippen molar-refractivity contribution in [3.63, 3.8) is 0 Å². The lowest BCUT2D eigenvalue weighted by Gasteiger charge is -2.15. The highest BCUT2D eigenvalue weighted by atomic mass is 19.1. The quantitative estimate of drug-likeness (QED) is 0.817. The number of hydrogen-bond donors (Lipinski definition) is 1. The van der Waals surface area contributed by atoms with E-state index in [-0.39, 0.29) is 17.7 Å². The van der Waals surface area contributed by atoms with Crippen LogP contribution in [0.15, 0.2) is 18.2 Å². The van der Waals surface area contributed by atoms with Crippen LogP contribution in [-0.4, -0.2) is 25.5 Å². The first-order chi connectivity index (χ1) is 8.13. The second-order valence-electron chi connectivity index (χ2n) is 4.35. The molecule has 0 amide bonds. The fourth-order valence-corrected chi connectivity index (χ4v) is 2.29. The second-order valence-corrected chi connectivity index (χ2v) is 4.35. The number of Topliss-reactive ketones (excluding diaryl/α,β-unsaturated/α-hetero) is 1. The number of carbonyl (C=O) groups excluding carboxylic acids is 1. The first kappa shape index (κ1) is 12.0. The van der Waals surface area contributed by atoms with Crippen LogP contribution in [0.1, 0.15) is 23.7 Å². The van der Waals surface area contributed by atoms with Crippen molar-refractivity contribution in [3.8, 4) is 5.75 Å². The molecule has 2 unspecified atom stereocenters. The van der Waals surface area contributed by atoms with Crippen molar-refractivity contribution in [3.05, 3.63) is 29.6 Å². The Morgan fingerprint density at radius 3 is 2.88 bits per heavy atom. The molecule has 1 N–H and O–H groups in total. The van der Waals surface area contributed by atoms with E-state index >= 15 is 0 Å². The van der Waals surface area contributed by atoms with Crippen LogP contribution in [0, 0.1) is 11.7 Å². The molecule has 1 fully saturated rings. The number of benzene rings is 1. The van der Waals surface area contributed by atoms with E-state index < -0.39 is 5.82 Å². The summed E-state index contributed by atoms with van der Waals surface area (Å²) in [6, 6.07) is 4.18. The molecule has 2 rings (SSSR count). The number of nitrogens with one attached hydrogen (secondary N) is 1. The zero-order chi connectivity index (χ0) is 12.4. The van der Waals surface area contributed by atoms with Gasteiger partial charge in [0, 0.05) is 12.0 Å². The Labute approximate surface area is 100.0 Å². The van der Waals surface area contributed by atoms with Crippen molar-refractivity contribution in [1.29, 1.82) is 0 Å². The topological polar surface area (TPSA) is 38.3 Å². The summed E-state index contributed by atoms with van der Waals surface area (Å²) < 4.78 is 18.3. The summed E-state index contributed by atoms with van der Waals surface area (Å²) >= 11 is 0. The van der Waals surface area contributed by atoms with Gasteiger partial charge < -0.3 is 10.1 Å². The molecule has 0 saturated carbocycles.